The van der Waals surface area contributed by atoms with Crippen LogP contribution >= 0.6 is 0 Å². The van der Waals surface area contributed by atoms with Crippen LogP contribution in [0.3, 0.4) is 0 Å². The second-order valence-corrected chi connectivity index (χ2v) is 3.06. The highest BCUT2D eigenvalue weighted by molar-refractivity contribution is 6.33. The van der Waals surface area contributed by atoms with Crippen molar-refractivity contribution >= 4 is 9.52 Å². The zero-order valence-corrected chi connectivity index (χ0v) is 5.54. The van der Waals surface area contributed by atoms with E-state index in [1.807, 2.05) is 0 Å². The first-order chi connectivity index (χ1) is 2.41. The lowest BCUT2D eigenvalue weighted by Gasteiger charge is -1.78. The first-order valence-corrected chi connectivity index (χ1v) is 4.83. The lowest BCUT2D eigenvalue weighted by molar-refractivity contribution is 1.07. The van der Waals surface area contributed by atoms with Crippen molar-refractivity contribution in [2.75, 3.05) is 0 Å². The molecule has 0 spiro atoms. The minimum Gasteiger partial charge on any atom is -0.0748 e. The van der Waals surface area contributed by atoms with E-state index in [1.54, 1.807) is 0 Å². The Labute approximate surface area is 37.9 Å². The number of rotatable bonds is 2. The lowest BCUT2D eigenvalue weighted by Crippen LogP contribution is -1.73. The predicted octanol–water partition coefficient (Wildman–Crippen LogP) is 1.14. The quantitative estimate of drug-likeness (QED) is 0.445. The highest BCUT2D eigenvalue weighted by atomic mass is 28.2. The first-order valence-electron chi connectivity index (χ1n) is 2.41. The number of hydrogen-bond donors (Lipinski definition) is 0. The molecule has 1 heteroatoms. The predicted molar refractivity (Wildman–Crippen MR) is 30.6 cm³/mol. The molecule has 0 aliphatic heterocycles. The summed E-state index contributed by atoms with van der Waals surface area (Å²) >= 11 is 0. The maximum absolute atomic E-state index is 2.35. The average Bonchev–Trinajstić information content (AvgIpc) is 1.41. The van der Waals surface area contributed by atoms with E-state index in [0.717, 1.165) is 0 Å². The normalized spacial score (nSPS) is 10.8. The molecule has 32 valence electrons. The Bertz CT molecular complexity index is 15.0. The molecule has 0 saturated carbocycles. The van der Waals surface area contributed by atoms with Crippen LogP contribution in [0.4, 0.5) is 0 Å². The molecule has 0 amide bonds. The largest absolute Gasteiger partial charge is 1.00 e. The summed E-state index contributed by atoms with van der Waals surface area (Å²) in [5.41, 5.74) is 0. The van der Waals surface area contributed by atoms with Crippen molar-refractivity contribution < 1.29 is 1.43 Å². The molecule has 0 rings (SSSR count). The Kier molecular flexibility index (Phi) is 4.40. The minimum absolute atomic E-state index is 0. The molecule has 0 unspecified atom stereocenters. The van der Waals surface area contributed by atoms with Crippen LogP contribution < -0.4 is 0 Å². The van der Waals surface area contributed by atoms with Gasteiger partial charge in [-0.15, -0.1) is 0 Å². The molecule has 0 nitrogen and oxygen atoms in total. The molecule has 0 aromatic heterocycles. The van der Waals surface area contributed by atoms with Crippen LogP contribution in [0.15, 0.2) is 0 Å². The molecule has 0 aliphatic carbocycles. The SMILES string of the molecule is CCC[SiH2]C.[H+]. The van der Waals surface area contributed by atoms with Gasteiger partial charge in [0.05, 0.1) is 0 Å². The minimum atomic E-state index is 0. The fraction of sp³-hybridized carbons (Fsp3) is 1.00. The molecular formula is C4H13Si+. The third kappa shape index (κ3) is 4.22. The summed E-state index contributed by atoms with van der Waals surface area (Å²) in [6.45, 7) is 4.60. The van der Waals surface area contributed by atoms with E-state index in [9.17, 15) is 0 Å². The summed E-state index contributed by atoms with van der Waals surface area (Å²) in [6, 6.07) is 1.53. The van der Waals surface area contributed by atoms with Crippen molar-refractivity contribution in [2.24, 2.45) is 0 Å². The van der Waals surface area contributed by atoms with Crippen molar-refractivity contribution in [1.29, 1.82) is 0 Å². The van der Waals surface area contributed by atoms with Crippen molar-refractivity contribution in [3.05, 3.63) is 0 Å². The third-order valence-electron chi connectivity index (χ3n) is 0.707. The van der Waals surface area contributed by atoms with Crippen LogP contribution in [-0.2, 0) is 0 Å². The molecule has 0 bridgehead atoms. The Morgan fingerprint density at radius 3 is 2.40 bits per heavy atom. The second-order valence-electron chi connectivity index (χ2n) is 1.35. The highest BCUT2D eigenvalue weighted by Crippen LogP contribution is 1.81. The Morgan fingerprint density at radius 1 is 1.80 bits per heavy atom. The average molecular weight is 89.2 g/mol. The summed E-state index contributed by atoms with van der Waals surface area (Å²) in [6.07, 6.45) is 1.41. The maximum atomic E-state index is 2.35. The van der Waals surface area contributed by atoms with Gasteiger partial charge in [-0.2, -0.15) is 0 Å². The van der Waals surface area contributed by atoms with Gasteiger partial charge in [-0.05, 0) is 0 Å². The lowest BCUT2D eigenvalue weighted by atomic mass is 10.6. The monoisotopic (exact) mass is 89.1 g/mol. The van der Waals surface area contributed by atoms with Crippen molar-refractivity contribution in [2.45, 2.75) is 25.9 Å². The Hall–Kier alpha value is 0.217. The molecular weight excluding hydrogens is 76.1 g/mol. The van der Waals surface area contributed by atoms with E-state index in [-0.39, 0.29) is 1.43 Å². The van der Waals surface area contributed by atoms with Gasteiger partial charge < -0.3 is 0 Å². The van der Waals surface area contributed by atoms with Gasteiger partial charge in [-0.1, -0.05) is 25.9 Å². The summed E-state index contributed by atoms with van der Waals surface area (Å²) in [7, 11) is 0.414. The van der Waals surface area contributed by atoms with E-state index in [2.05, 4.69) is 13.5 Å². The Morgan fingerprint density at radius 2 is 2.40 bits per heavy atom. The van der Waals surface area contributed by atoms with Gasteiger partial charge in [0, 0.05) is 9.52 Å². The van der Waals surface area contributed by atoms with E-state index >= 15 is 0 Å². The summed E-state index contributed by atoms with van der Waals surface area (Å²) in [5.74, 6) is 0. The van der Waals surface area contributed by atoms with E-state index in [1.165, 1.54) is 12.5 Å². The van der Waals surface area contributed by atoms with Gasteiger partial charge >= 0.3 is 1.43 Å². The van der Waals surface area contributed by atoms with Crippen LogP contribution in [-0.4, -0.2) is 9.52 Å². The van der Waals surface area contributed by atoms with Gasteiger partial charge in [0.15, 0.2) is 0 Å². The molecule has 0 atom stereocenters. The van der Waals surface area contributed by atoms with Crippen LogP contribution in [0.2, 0.25) is 12.6 Å². The fourth-order valence-electron chi connectivity index (χ4n) is 0.354. The van der Waals surface area contributed by atoms with Gasteiger partial charge in [0.1, 0.15) is 0 Å². The molecule has 0 aromatic carbocycles. The summed E-state index contributed by atoms with van der Waals surface area (Å²) < 4.78 is 0. The van der Waals surface area contributed by atoms with Gasteiger partial charge in [0.25, 0.3) is 0 Å². The van der Waals surface area contributed by atoms with E-state index < -0.39 is 0 Å². The molecule has 0 N–H and O–H groups in total. The van der Waals surface area contributed by atoms with Crippen molar-refractivity contribution in [3.63, 3.8) is 0 Å². The first kappa shape index (κ1) is 5.22. The zero-order valence-electron chi connectivity index (χ0n) is 5.12. The topological polar surface area (TPSA) is 0 Å². The molecule has 0 fully saturated rings. The second kappa shape index (κ2) is 4.22. The van der Waals surface area contributed by atoms with Crippen molar-refractivity contribution in [3.8, 4) is 0 Å². The van der Waals surface area contributed by atoms with Crippen molar-refractivity contribution in [1.82, 2.24) is 0 Å². The smallest absolute Gasteiger partial charge is 0.0748 e. The summed E-state index contributed by atoms with van der Waals surface area (Å²) in [5, 5.41) is 0. The molecule has 0 saturated heterocycles. The fourth-order valence-corrected chi connectivity index (χ4v) is 1.06. The standard InChI is InChI=1S/C4H12Si/c1-3-4-5-2/h3-5H2,1-2H3/p+1. The molecule has 0 aromatic rings. The third-order valence-corrected chi connectivity index (χ3v) is 2.12. The number of hydrogen-bond acceptors (Lipinski definition) is 0. The zero-order chi connectivity index (χ0) is 4.12. The molecule has 0 heterocycles. The molecule has 0 aliphatic rings. The molecule has 5 heavy (non-hydrogen) atoms. The summed E-state index contributed by atoms with van der Waals surface area (Å²) in [4.78, 5) is 0. The van der Waals surface area contributed by atoms with Crippen LogP contribution in [0.25, 0.3) is 0 Å². The molecule has 0 radical (unpaired) electrons. The van der Waals surface area contributed by atoms with Gasteiger partial charge in [-0.25, -0.2) is 0 Å². The Balaban J connectivity index is 0. The maximum Gasteiger partial charge on any atom is 1.00 e. The van der Waals surface area contributed by atoms with E-state index in [0.29, 0.717) is 9.52 Å². The van der Waals surface area contributed by atoms with E-state index in [4.69, 9.17) is 0 Å². The van der Waals surface area contributed by atoms with Crippen LogP contribution in [0, 0.1) is 0 Å². The van der Waals surface area contributed by atoms with Crippen LogP contribution in [0.5, 0.6) is 0 Å². The highest BCUT2D eigenvalue weighted by Gasteiger charge is 1.69. The van der Waals surface area contributed by atoms with Gasteiger partial charge in [0.2, 0.25) is 0 Å². The van der Waals surface area contributed by atoms with Gasteiger partial charge in [-0.3, -0.25) is 0 Å². The van der Waals surface area contributed by atoms with Crippen LogP contribution in [0.1, 0.15) is 14.8 Å².